The fourth-order valence-electron chi connectivity index (χ4n) is 3.88. The number of hydrogen-bond donors (Lipinski definition) is 1. The number of amides is 1. The SMILES string of the molecule is CCc1cccc(C)c1NC(=O)CSc1nnc(C(C)Oc2ccc(OC)cc2)n1-c1ccccc1. The lowest BCUT2D eigenvalue weighted by Gasteiger charge is -2.17. The molecule has 0 saturated carbocycles. The van der Waals surface area contributed by atoms with Crippen LogP contribution in [0.3, 0.4) is 0 Å². The van der Waals surface area contributed by atoms with Gasteiger partial charge in [0.1, 0.15) is 11.5 Å². The topological polar surface area (TPSA) is 78.3 Å². The summed E-state index contributed by atoms with van der Waals surface area (Å²) in [7, 11) is 1.63. The summed E-state index contributed by atoms with van der Waals surface area (Å²) in [5.41, 5.74) is 3.95. The Morgan fingerprint density at radius 1 is 1.00 bits per heavy atom. The molecule has 1 atom stereocenters. The van der Waals surface area contributed by atoms with Crippen molar-refractivity contribution >= 4 is 23.4 Å². The van der Waals surface area contributed by atoms with Crippen molar-refractivity contribution in [3.63, 3.8) is 0 Å². The van der Waals surface area contributed by atoms with E-state index >= 15 is 0 Å². The molecular formula is C28H30N4O3S. The Bertz CT molecular complexity index is 1310. The smallest absolute Gasteiger partial charge is 0.234 e. The van der Waals surface area contributed by atoms with Crippen LogP contribution in [0.1, 0.15) is 36.9 Å². The molecule has 0 aliphatic rings. The Kier molecular flexibility index (Phi) is 8.28. The fourth-order valence-corrected chi connectivity index (χ4v) is 4.64. The lowest BCUT2D eigenvalue weighted by molar-refractivity contribution is -0.113. The molecule has 7 nitrogen and oxygen atoms in total. The summed E-state index contributed by atoms with van der Waals surface area (Å²) < 4.78 is 13.3. The van der Waals surface area contributed by atoms with Crippen LogP contribution in [-0.2, 0) is 11.2 Å². The summed E-state index contributed by atoms with van der Waals surface area (Å²) >= 11 is 1.34. The first kappa shape index (κ1) is 25.3. The van der Waals surface area contributed by atoms with Crippen molar-refractivity contribution in [2.24, 2.45) is 0 Å². The minimum absolute atomic E-state index is 0.0873. The van der Waals surface area contributed by atoms with Crippen LogP contribution in [0.25, 0.3) is 5.69 Å². The normalized spacial score (nSPS) is 11.7. The second kappa shape index (κ2) is 11.8. The highest BCUT2D eigenvalue weighted by atomic mass is 32.2. The number of rotatable bonds is 10. The number of aryl methyl sites for hydroxylation is 2. The summed E-state index contributed by atoms with van der Waals surface area (Å²) in [4.78, 5) is 12.9. The van der Waals surface area contributed by atoms with Crippen LogP contribution in [-0.4, -0.2) is 33.5 Å². The molecule has 3 aromatic carbocycles. The highest BCUT2D eigenvalue weighted by molar-refractivity contribution is 7.99. The molecule has 4 aromatic rings. The molecule has 0 spiro atoms. The monoisotopic (exact) mass is 502 g/mol. The fraction of sp³-hybridized carbons (Fsp3) is 0.250. The van der Waals surface area contributed by atoms with Gasteiger partial charge in [-0.15, -0.1) is 10.2 Å². The third-order valence-corrected chi connectivity index (χ3v) is 6.67. The molecule has 1 amide bonds. The van der Waals surface area contributed by atoms with Crippen molar-refractivity contribution in [1.29, 1.82) is 0 Å². The van der Waals surface area contributed by atoms with E-state index in [4.69, 9.17) is 9.47 Å². The van der Waals surface area contributed by atoms with E-state index in [1.807, 2.05) is 91.2 Å². The predicted molar refractivity (Wildman–Crippen MR) is 143 cm³/mol. The van der Waals surface area contributed by atoms with Gasteiger partial charge in [0.25, 0.3) is 0 Å². The van der Waals surface area contributed by atoms with Gasteiger partial charge in [-0.3, -0.25) is 9.36 Å². The van der Waals surface area contributed by atoms with Crippen molar-refractivity contribution in [1.82, 2.24) is 14.8 Å². The standard InChI is InChI=1S/C28H30N4O3S/c1-5-21-11-9-10-19(2)26(21)29-25(33)18-36-28-31-30-27(32(28)22-12-7-6-8-13-22)20(3)35-24-16-14-23(34-4)15-17-24/h6-17,20H,5,18H2,1-4H3,(H,29,33). The van der Waals surface area contributed by atoms with Gasteiger partial charge in [-0.25, -0.2) is 0 Å². The Morgan fingerprint density at radius 2 is 1.72 bits per heavy atom. The second-order valence-electron chi connectivity index (χ2n) is 8.25. The largest absolute Gasteiger partial charge is 0.497 e. The van der Waals surface area contributed by atoms with Crippen LogP contribution in [0.5, 0.6) is 11.5 Å². The first-order valence-corrected chi connectivity index (χ1v) is 12.8. The van der Waals surface area contributed by atoms with E-state index in [9.17, 15) is 4.79 Å². The quantitative estimate of drug-likeness (QED) is 0.267. The Hall–Kier alpha value is -3.78. The third kappa shape index (κ3) is 5.88. The van der Waals surface area contributed by atoms with Crippen LogP contribution in [0.4, 0.5) is 5.69 Å². The Labute approximate surface area is 215 Å². The molecule has 0 bridgehead atoms. The van der Waals surface area contributed by atoms with Crippen LogP contribution in [0.2, 0.25) is 0 Å². The second-order valence-corrected chi connectivity index (χ2v) is 9.19. The number of benzene rings is 3. The number of hydrogen-bond acceptors (Lipinski definition) is 6. The van der Waals surface area contributed by atoms with Gasteiger partial charge in [-0.05, 0) is 67.8 Å². The zero-order valence-electron chi connectivity index (χ0n) is 20.9. The number of aromatic nitrogens is 3. The van der Waals surface area contributed by atoms with E-state index in [-0.39, 0.29) is 17.8 Å². The number of ether oxygens (including phenoxy) is 2. The van der Waals surface area contributed by atoms with Crippen LogP contribution in [0.15, 0.2) is 78.0 Å². The first-order valence-electron chi connectivity index (χ1n) is 11.8. The average molecular weight is 503 g/mol. The van der Waals surface area contributed by atoms with Gasteiger partial charge in [-0.2, -0.15) is 0 Å². The van der Waals surface area contributed by atoms with Gasteiger partial charge in [-0.1, -0.05) is 55.1 Å². The van der Waals surface area contributed by atoms with E-state index in [1.54, 1.807) is 7.11 Å². The Morgan fingerprint density at radius 3 is 2.42 bits per heavy atom. The minimum Gasteiger partial charge on any atom is -0.497 e. The molecule has 1 heterocycles. The molecule has 0 radical (unpaired) electrons. The molecule has 1 unspecified atom stereocenters. The lowest BCUT2D eigenvalue weighted by atomic mass is 10.1. The molecule has 0 saturated heterocycles. The van der Waals surface area contributed by atoms with E-state index < -0.39 is 0 Å². The van der Waals surface area contributed by atoms with E-state index in [0.29, 0.717) is 16.7 Å². The number of carbonyl (C=O) groups is 1. The maximum absolute atomic E-state index is 12.9. The summed E-state index contributed by atoms with van der Waals surface area (Å²) in [5, 5.41) is 12.5. The molecule has 0 aliphatic heterocycles. The van der Waals surface area contributed by atoms with Gasteiger partial charge in [0.2, 0.25) is 5.91 Å². The molecule has 8 heteroatoms. The molecule has 0 aliphatic carbocycles. The molecule has 0 fully saturated rings. The van der Waals surface area contributed by atoms with Crippen LogP contribution >= 0.6 is 11.8 Å². The molecule has 4 rings (SSSR count). The van der Waals surface area contributed by atoms with Gasteiger partial charge < -0.3 is 14.8 Å². The maximum atomic E-state index is 12.9. The maximum Gasteiger partial charge on any atom is 0.234 e. The molecule has 1 aromatic heterocycles. The highest BCUT2D eigenvalue weighted by Crippen LogP contribution is 2.29. The Balaban J connectivity index is 1.54. The molecule has 1 N–H and O–H groups in total. The van der Waals surface area contributed by atoms with Gasteiger partial charge in [0.15, 0.2) is 17.1 Å². The van der Waals surface area contributed by atoms with Crippen molar-refractivity contribution in [3.05, 3.63) is 89.7 Å². The van der Waals surface area contributed by atoms with Gasteiger partial charge in [0, 0.05) is 11.4 Å². The summed E-state index contributed by atoms with van der Waals surface area (Å²) in [6, 6.07) is 23.3. The van der Waals surface area contributed by atoms with Crippen LogP contribution in [0, 0.1) is 6.92 Å². The van der Waals surface area contributed by atoms with E-state index in [1.165, 1.54) is 11.8 Å². The van der Waals surface area contributed by atoms with Crippen molar-refractivity contribution in [2.45, 2.75) is 38.5 Å². The lowest BCUT2D eigenvalue weighted by Crippen LogP contribution is -2.17. The summed E-state index contributed by atoms with van der Waals surface area (Å²) in [5.74, 6) is 2.22. The van der Waals surface area contributed by atoms with Crippen molar-refractivity contribution in [2.75, 3.05) is 18.2 Å². The zero-order valence-corrected chi connectivity index (χ0v) is 21.7. The highest BCUT2D eigenvalue weighted by Gasteiger charge is 2.22. The molecule has 186 valence electrons. The van der Waals surface area contributed by atoms with Crippen LogP contribution < -0.4 is 14.8 Å². The average Bonchev–Trinajstić information content (AvgIpc) is 3.34. The first-order chi connectivity index (χ1) is 17.5. The van der Waals surface area contributed by atoms with Gasteiger partial charge in [0.05, 0.1) is 12.9 Å². The zero-order chi connectivity index (χ0) is 25.5. The summed E-state index contributed by atoms with van der Waals surface area (Å²) in [6.07, 6.45) is 0.468. The molecule has 36 heavy (non-hydrogen) atoms. The number of nitrogens with zero attached hydrogens (tertiary/aromatic N) is 3. The number of anilines is 1. The summed E-state index contributed by atoms with van der Waals surface area (Å²) in [6.45, 7) is 6.02. The van der Waals surface area contributed by atoms with Crippen molar-refractivity contribution in [3.8, 4) is 17.2 Å². The third-order valence-electron chi connectivity index (χ3n) is 5.75. The number of carbonyl (C=O) groups excluding carboxylic acids is 1. The number of para-hydroxylation sites is 2. The predicted octanol–water partition coefficient (Wildman–Crippen LogP) is 6.02. The molecular weight excluding hydrogens is 472 g/mol. The van der Waals surface area contributed by atoms with E-state index in [0.717, 1.165) is 34.7 Å². The van der Waals surface area contributed by atoms with Gasteiger partial charge >= 0.3 is 0 Å². The number of nitrogens with one attached hydrogen (secondary N) is 1. The number of methoxy groups -OCH3 is 1. The minimum atomic E-state index is -0.381. The number of thioether (sulfide) groups is 1. The van der Waals surface area contributed by atoms with Crippen molar-refractivity contribution < 1.29 is 14.3 Å². The van der Waals surface area contributed by atoms with E-state index in [2.05, 4.69) is 22.4 Å².